The van der Waals surface area contributed by atoms with E-state index in [-0.39, 0.29) is 17.8 Å². The largest absolute Gasteiger partial charge is 0.348 e. The van der Waals surface area contributed by atoms with E-state index in [0.29, 0.717) is 16.6 Å². The summed E-state index contributed by atoms with van der Waals surface area (Å²) >= 11 is 3.13. The molecule has 1 rings (SSSR count). The molecule has 3 N–H and O–H groups in total. The van der Waals surface area contributed by atoms with Gasteiger partial charge in [0.15, 0.2) is 0 Å². The summed E-state index contributed by atoms with van der Waals surface area (Å²) in [6.45, 7) is 2.17. The smallest absolute Gasteiger partial charge is 0.252 e. The average molecular weight is 275 g/mol. The lowest BCUT2D eigenvalue weighted by Gasteiger charge is -2.12. The van der Waals surface area contributed by atoms with Crippen LogP contribution in [0.1, 0.15) is 17.3 Å². The van der Waals surface area contributed by atoms with Gasteiger partial charge in [-0.15, -0.1) is 0 Å². The molecule has 1 atom stereocenters. The molecule has 1 unspecified atom stereocenters. The van der Waals surface area contributed by atoms with Gasteiger partial charge in [0.05, 0.1) is 5.56 Å². The van der Waals surface area contributed by atoms with Crippen LogP contribution >= 0.6 is 15.9 Å². The third kappa shape index (κ3) is 3.28. The third-order valence-electron chi connectivity index (χ3n) is 1.91. The molecule has 1 amide bonds. The molecule has 0 aromatic heterocycles. The number of nitrogens with one attached hydrogen (secondary N) is 1. The molecular formula is C10H12BrFN2O. The zero-order valence-electron chi connectivity index (χ0n) is 8.26. The Bertz CT molecular complexity index is 370. The molecule has 82 valence electrons. The van der Waals surface area contributed by atoms with E-state index < -0.39 is 0 Å². The fraction of sp³-hybridized carbons (Fsp3) is 0.300. The fourth-order valence-electron chi connectivity index (χ4n) is 1.03. The lowest BCUT2D eigenvalue weighted by molar-refractivity contribution is 0.0940. The van der Waals surface area contributed by atoms with Crippen LogP contribution in [0.5, 0.6) is 0 Å². The van der Waals surface area contributed by atoms with Crippen LogP contribution in [-0.4, -0.2) is 18.5 Å². The minimum Gasteiger partial charge on any atom is -0.348 e. The Labute approximate surface area is 96.0 Å². The van der Waals surface area contributed by atoms with Gasteiger partial charge in [-0.25, -0.2) is 4.39 Å². The summed E-state index contributed by atoms with van der Waals surface area (Å²) < 4.78 is 13.2. The van der Waals surface area contributed by atoms with E-state index in [9.17, 15) is 9.18 Å². The van der Waals surface area contributed by atoms with Crippen molar-refractivity contribution in [2.45, 2.75) is 13.0 Å². The van der Waals surface area contributed by atoms with Gasteiger partial charge in [-0.2, -0.15) is 0 Å². The molecule has 0 saturated carbocycles. The van der Waals surface area contributed by atoms with E-state index in [0.717, 1.165) is 0 Å². The lowest BCUT2D eigenvalue weighted by Crippen LogP contribution is -2.37. The van der Waals surface area contributed by atoms with Gasteiger partial charge in [0, 0.05) is 17.1 Å². The first-order chi connectivity index (χ1) is 7.04. The molecule has 0 bridgehead atoms. The zero-order chi connectivity index (χ0) is 11.4. The van der Waals surface area contributed by atoms with Crippen molar-refractivity contribution in [2.75, 3.05) is 6.54 Å². The van der Waals surface area contributed by atoms with Crippen molar-refractivity contribution in [3.05, 3.63) is 34.1 Å². The minimum absolute atomic E-state index is 0.102. The Morgan fingerprint density at radius 2 is 2.33 bits per heavy atom. The molecule has 0 radical (unpaired) electrons. The maximum Gasteiger partial charge on any atom is 0.252 e. The second kappa shape index (κ2) is 5.23. The van der Waals surface area contributed by atoms with E-state index in [4.69, 9.17) is 5.73 Å². The van der Waals surface area contributed by atoms with E-state index >= 15 is 0 Å². The number of halogens is 2. The zero-order valence-corrected chi connectivity index (χ0v) is 9.84. The Morgan fingerprint density at radius 3 is 2.87 bits per heavy atom. The highest BCUT2D eigenvalue weighted by atomic mass is 79.9. The molecule has 0 aliphatic rings. The minimum atomic E-state index is -0.384. The van der Waals surface area contributed by atoms with Crippen molar-refractivity contribution in [1.82, 2.24) is 5.32 Å². The molecule has 0 saturated heterocycles. The van der Waals surface area contributed by atoms with E-state index in [1.807, 2.05) is 0 Å². The van der Waals surface area contributed by atoms with Crippen LogP contribution in [0.2, 0.25) is 0 Å². The molecule has 0 fully saturated rings. The topological polar surface area (TPSA) is 55.1 Å². The van der Waals surface area contributed by atoms with Gasteiger partial charge < -0.3 is 11.1 Å². The number of nitrogens with two attached hydrogens (primary N) is 1. The van der Waals surface area contributed by atoms with Gasteiger partial charge in [0.25, 0.3) is 5.91 Å². The second-order valence-corrected chi connectivity index (χ2v) is 4.09. The summed E-state index contributed by atoms with van der Waals surface area (Å²) in [7, 11) is 0. The highest BCUT2D eigenvalue weighted by molar-refractivity contribution is 9.10. The van der Waals surface area contributed by atoms with Crippen molar-refractivity contribution in [3.63, 3.8) is 0 Å². The summed E-state index contributed by atoms with van der Waals surface area (Å²) in [6.07, 6.45) is 0. The van der Waals surface area contributed by atoms with E-state index in [2.05, 4.69) is 21.2 Å². The van der Waals surface area contributed by atoms with Crippen molar-refractivity contribution < 1.29 is 9.18 Å². The molecule has 5 heteroatoms. The normalized spacial score (nSPS) is 12.3. The number of amides is 1. The third-order valence-corrected chi connectivity index (χ3v) is 2.56. The Morgan fingerprint density at radius 1 is 1.67 bits per heavy atom. The molecule has 0 aliphatic heterocycles. The highest BCUT2D eigenvalue weighted by Gasteiger charge is 2.12. The maximum absolute atomic E-state index is 12.8. The molecule has 3 nitrogen and oxygen atoms in total. The Balaban J connectivity index is 2.82. The monoisotopic (exact) mass is 274 g/mol. The lowest BCUT2D eigenvalue weighted by atomic mass is 10.2. The first-order valence-electron chi connectivity index (χ1n) is 4.50. The molecular weight excluding hydrogens is 263 g/mol. The van der Waals surface area contributed by atoms with Crippen LogP contribution in [0.15, 0.2) is 22.7 Å². The van der Waals surface area contributed by atoms with Crippen LogP contribution in [0, 0.1) is 5.82 Å². The van der Waals surface area contributed by atoms with Gasteiger partial charge in [0.2, 0.25) is 0 Å². The number of carbonyl (C=O) groups excluding carboxylic acids is 1. The number of hydrogen-bond acceptors (Lipinski definition) is 2. The van der Waals surface area contributed by atoms with Crippen LogP contribution in [0.4, 0.5) is 4.39 Å². The maximum atomic E-state index is 12.8. The van der Waals surface area contributed by atoms with Crippen LogP contribution in [0.3, 0.4) is 0 Å². The fourth-order valence-corrected chi connectivity index (χ4v) is 1.57. The molecule has 0 heterocycles. The summed E-state index contributed by atoms with van der Waals surface area (Å²) in [5.74, 6) is -0.648. The average Bonchev–Trinajstić information content (AvgIpc) is 2.17. The standard InChI is InChI=1S/C10H12BrFN2O/c1-6(5-13)14-10(15)8-3-2-7(12)4-9(8)11/h2-4,6H,5,13H2,1H3,(H,14,15). The Hall–Kier alpha value is -0.940. The van der Waals surface area contributed by atoms with Gasteiger partial charge >= 0.3 is 0 Å². The molecule has 15 heavy (non-hydrogen) atoms. The predicted molar refractivity (Wildman–Crippen MR) is 60.1 cm³/mol. The van der Waals surface area contributed by atoms with Crippen molar-refractivity contribution in [2.24, 2.45) is 5.73 Å². The summed E-state index contributed by atoms with van der Waals surface area (Å²) in [4.78, 5) is 11.6. The SMILES string of the molecule is CC(CN)NC(=O)c1ccc(F)cc1Br. The predicted octanol–water partition coefficient (Wildman–Crippen LogP) is 1.67. The highest BCUT2D eigenvalue weighted by Crippen LogP contribution is 2.17. The molecule has 0 spiro atoms. The number of carbonyl (C=O) groups is 1. The second-order valence-electron chi connectivity index (χ2n) is 3.23. The van der Waals surface area contributed by atoms with Crippen LogP contribution in [0.25, 0.3) is 0 Å². The first kappa shape index (κ1) is 12.1. The van der Waals surface area contributed by atoms with Crippen LogP contribution in [-0.2, 0) is 0 Å². The van der Waals surface area contributed by atoms with Crippen LogP contribution < -0.4 is 11.1 Å². The van der Waals surface area contributed by atoms with E-state index in [1.54, 1.807) is 6.92 Å². The number of rotatable bonds is 3. The van der Waals surface area contributed by atoms with Gasteiger partial charge in [-0.1, -0.05) is 0 Å². The summed E-state index contributed by atoms with van der Waals surface area (Å²) in [5.41, 5.74) is 5.77. The van der Waals surface area contributed by atoms with Gasteiger partial charge in [-0.05, 0) is 41.1 Å². The Kier molecular flexibility index (Phi) is 4.23. The number of hydrogen-bond donors (Lipinski definition) is 2. The van der Waals surface area contributed by atoms with Crippen molar-refractivity contribution in [3.8, 4) is 0 Å². The van der Waals surface area contributed by atoms with Gasteiger partial charge in [-0.3, -0.25) is 4.79 Å². The van der Waals surface area contributed by atoms with Crippen molar-refractivity contribution >= 4 is 21.8 Å². The summed E-state index contributed by atoms with van der Waals surface area (Å²) in [6, 6.07) is 3.82. The van der Waals surface area contributed by atoms with Gasteiger partial charge in [0.1, 0.15) is 5.82 Å². The van der Waals surface area contributed by atoms with Crippen molar-refractivity contribution in [1.29, 1.82) is 0 Å². The number of benzene rings is 1. The first-order valence-corrected chi connectivity index (χ1v) is 5.30. The summed E-state index contributed by atoms with van der Waals surface area (Å²) in [5, 5.41) is 2.69. The molecule has 1 aromatic rings. The molecule has 1 aromatic carbocycles. The quantitative estimate of drug-likeness (QED) is 0.881. The van der Waals surface area contributed by atoms with E-state index in [1.165, 1.54) is 18.2 Å². The molecule has 0 aliphatic carbocycles.